The second-order valence-electron chi connectivity index (χ2n) is 12.0. The molecule has 0 radical (unpaired) electrons. The molecular formula is C42H27N3. The summed E-state index contributed by atoms with van der Waals surface area (Å²) in [5.74, 6) is 0. The number of benzene rings is 7. The quantitative estimate of drug-likeness (QED) is 0.210. The van der Waals surface area contributed by atoms with E-state index in [-0.39, 0.29) is 0 Å². The monoisotopic (exact) mass is 573 g/mol. The van der Waals surface area contributed by atoms with Crippen molar-refractivity contribution in [1.82, 2.24) is 4.57 Å². The van der Waals surface area contributed by atoms with Crippen molar-refractivity contribution in [2.75, 3.05) is 0 Å². The fourth-order valence-electron chi connectivity index (χ4n) is 8.09. The highest BCUT2D eigenvalue weighted by Gasteiger charge is 2.29. The molecule has 1 heterocycles. The van der Waals surface area contributed by atoms with E-state index in [4.69, 9.17) is 5.73 Å². The second-order valence-corrected chi connectivity index (χ2v) is 12.0. The second kappa shape index (κ2) is 8.81. The Labute approximate surface area is 260 Å². The van der Waals surface area contributed by atoms with Gasteiger partial charge in [0, 0.05) is 44.4 Å². The molecule has 8 aromatic rings. The third-order valence-electron chi connectivity index (χ3n) is 9.82. The molecule has 0 unspecified atom stereocenters. The molecule has 2 N–H and O–H groups in total. The maximum atomic E-state index is 6.70. The lowest BCUT2D eigenvalue weighted by Gasteiger charge is -2.17. The van der Waals surface area contributed by atoms with E-state index in [1.54, 1.807) is 0 Å². The van der Waals surface area contributed by atoms with Crippen LogP contribution in [-0.4, -0.2) is 10.8 Å². The summed E-state index contributed by atoms with van der Waals surface area (Å²) in [6.07, 6.45) is 1.82. The van der Waals surface area contributed by atoms with E-state index in [2.05, 4.69) is 137 Å². The molecule has 2 aliphatic rings. The first-order valence-electron chi connectivity index (χ1n) is 15.5. The van der Waals surface area contributed by atoms with Crippen molar-refractivity contribution in [3.05, 3.63) is 139 Å². The van der Waals surface area contributed by atoms with Crippen LogP contribution in [0, 0.1) is 0 Å². The smallest absolute Gasteiger partial charge is 0.0939 e. The molecule has 210 valence electrons. The first-order valence-corrected chi connectivity index (χ1v) is 15.5. The molecule has 0 saturated heterocycles. The van der Waals surface area contributed by atoms with Crippen LogP contribution in [0.5, 0.6) is 0 Å². The van der Waals surface area contributed by atoms with E-state index in [0.29, 0.717) is 0 Å². The molecule has 0 bridgehead atoms. The van der Waals surface area contributed by atoms with Crippen molar-refractivity contribution in [2.24, 2.45) is 10.7 Å². The maximum absolute atomic E-state index is 6.70. The lowest BCUT2D eigenvalue weighted by molar-refractivity contribution is 1.20. The molecule has 1 aromatic heterocycles. The van der Waals surface area contributed by atoms with Crippen molar-refractivity contribution in [2.45, 2.75) is 6.92 Å². The van der Waals surface area contributed by atoms with Crippen LogP contribution in [0.25, 0.3) is 93.8 Å². The van der Waals surface area contributed by atoms with Crippen LogP contribution in [-0.2, 0) is 0 Å². The standard InChI is InChI=1S/C42H27N3/c1-2-44-42-32-21-22-33(29-16-8-18-31(37(29)32)41(42)43)45-34-19-9-15-28-27-14-6-12-25-13-7-17-30(36(25)27)38-26(24-10-4-3-5-11-24)20-23-35(45)40(38)39(28)34/h2-23H,43H2,1H3/b44-2-. The Morgan fingerprint density at radius 1 is 0.533 bits per heavy atom. The fourth-order valence-corrected chi connectivity index (χ4v) is 8.09. The van der Waals surface area contributed by atoms with Crippen molar-refractivity contribution in [1.29, 1.82) is 0 Å². The molecular weight excluding hydrogens is 546 g/mol. The molecule has 0 aliphatic heterocycles. The van der Waals surface area contributed by atoms with Crippen molar-refractivity contribution >= 4 is 61.0 Å². The molecule has 45 heavy (non-hydrogen) atoms. The Hall–Kier alpha value is -5.93. The van der Waals surface area contributed by atoms with Gasteiger partial charge < -0.3 is 10.3 Å². The molecule has 3 nitrogen and oxygen atoms in total. The Morgan fingerprint density at radius 2 is 1.22 bits per heavy atom. The lowest BCUT2D eigenvalue weighted by Crippen LogP contribution is -1.98. The third-order valence-corrected chi connectivity index (χ3v) is 9.82. The number of fused-ring (bicyclic) bond motifs is 2. The van der Waals surface area contributed by atoms with Gasteiger partial charge in [-0.2, -0.15) is 0 Å². The fraction of sp³-hybridized carbons (Fsp3) is 0.0238. The lowest BCUT2D eigenvalue weighted by atomic mass is 9.89. The van der Waals surface area contributed by atoms with Gasteiger partial charge in [-0.3, -0.25) is 4.99 Å². The first-order chi connectivity index (χ1) is 22.2. The molecule has 0 spiro atoms. The van der Waals surface area contributed by atoms with Gasteiger partial charge in [-0.25, -0.2) is 0 Å². The minimum atomic E-state index is 0.740. The van der Waals surface area contributed by atoms with Gasteiger partial charge in [0.1, 0.15) is 0 Å². The zero-order valence-electron chi connectivity index (χ0n) is 24.7. The maximum Gasteiger partial charge on any atom is 0.0939 e. The Bertz CT molecular complexity index is 2650. The zero-order valence-corrected chi connectivity index (χ0v) is 24.7. The van der Waals surface area contributed by atoms with E-state index in [0.717, 1.165) is 28.2 Å². The average molecular weight is 574 g/mol. The van der Waals surface area contributed by atoms with Crippen LogP contribution < -0.4 is 5.73 Å². The largest absolute Gasteiger partial charge is 0.396 e. The molecule has 3 heteroatoms. The van der Waals surface area contributed by atoms with Crippen LogP contribution in [0.4, 0.5) is 0 Å². The van der Waals surface area contributed by atoms with Crippen LogP contribution >= 0.6 is 0 Å². The van der Waals surface area contributed by atoms with Gasteiger partial charge in [0.15, 0.2) is 0 Å². The average Bonchev–Trinajstić information content (AvgIpc) is 3.52. The highest BCUT2D eigenvalue weighted by molar-refractivity contribution is 6.29. The van der Waals surface area contributed by atoms with Crippen LogP contribution in [0.15, 0.2) is 132 Å². The summed E-state index contributed by atoms with van der Waals surface area (Å²) < 4.78 is 2.47. The van der Waals surface area contributed by atoms with E-state index in [1.165, 1.54) is 76.7 Å². The molecule has 0 atom stereocenters. The molecule has 2 aliphatic carbocycles. The minimum absolute atomic E-state index is 0.740. The Morgan fingerprint density at radius 3 is 2.04 bits per heavy atom. The highest BCUT2D eigenvalue weighted by atomic mass is 15.0. The van der Waals surface area contributed by atoms with Crippen molar-refractivity contribution in [3.63, 3.8) is 0 Å². The molecule has 7 aromatic carbocycles. The van der Waals surface area contributed by atoms with Gasteiger partial charge in [-0.1, -0.05) is 103 Å². The Kier molecular flexibility index (Phi) is 4.80. The molecule has 0 saturated carbocycles. The number of hydrogen-bond donors (Lipinski definition) is 1. The molecule has 0 amide bonds. The molecule has 0 fully saturated rings. The van der Waals surface area contributed by atoms with Crippen molar-refractivity contribution in [3.8, 4) is 39.1 Å². The van der Waals surface area contributed by atoms with Crippen molar-refractivity contribution < 1.29 is 0 Å². The third kappa shape index (κ3) is 3.07. The number of aliphatic imine (C=N–C) groups is 1. The number of rotatable bonds is 3. The summed E-state index contributed by atoms with van der Waals surface area (Å²) >= 11 is 0. The van der Waals surface area contributed by atoms with E-state index in [9.17, 15) is 0 Å². The number of nitrogens with zero attached hydrogens (tertiary/aromatic N) is 2. The molecule has 10 rings (SSSR count). The number of hydrogen-bond acceptors (Lipinski definition) is 2. The van der Waals surface area contributed by atoms with Gasteiger partial charge in [0.2, 0.25) is 0 Å². The van der Waals surface area contributed by atoms with Crippen LogP contribution in [0.1, 0.15) is 18.1 Å². The summed E-state index contributed by atoms with van der Waals surface area (Å²) in [6.45, 7) is 1.94. The van der Waals surface area contributed by atoms with Gasteiger partial charge in [0.05, 0.1) is 28.1 Å². The summed E-state index contributed by atoms with van der Waals surface area (Å²) in [4.78, 5) is 4.68. The van der Waals surface area contributed by atoms with E-state index < -0.39 is 0 Å². The summed E-state index contributed by atoms with van der Waals surface area (Å²) in [5.41, 5.74) is 21.6. The highest BCUT2D eigenvalue weighted by Crippen LogP contribution is 2.53. The summed E-state index contributed by atoms with van der Waals surface area (Å²) in [5, 5.41) is 7.51. The first kappa shape index (κ1) is 24.5. The van der Waals surface area contributed by atoms with Gasteiger partial charge >= 0.3 is 0 Å². The topological polar surface area (TPSA) is 43.3 Å². The predicted octanol–water partition coefficient (Wildman–Crippen LogP) is 10.6. The Balaban J connectivity index is 1.41. The summed E-state index contributed by atoms with van der Waals surface area (Å²) in [6, 6.07) is 46.7. The number of nitrogens with two attached hydrogens (primary N) is 1. The van der Waals surface area contributed by atoms with Crippen LogP contribution in [0.2, 0.25) is 0 Å². The van der Waals surface area contributed by atoms with Gasteiger partial charge in [-0.15, -0.1) is 0 Å². The van der Waals surface area contributed by atoms with E-state index in [1.807, 2.05) is 13.1 Å². The zero-order chi connectivity index (χ0) is 29.8. The normalized spacial score (nSPS) is 13.4. The number of aromatic nitrogens is 1. The summed E-state index contributed by atoms with van der Waals surface area (Å²) in [7, 11) is 0. The van der Waals surface area contributed by atoms with E-state index >= 15 is 0 Å². The van der Waals surface area contributed by atoms with Crippen LogP contribution in [0.3, 0.4) is 0 Å². The minimum Gasteiger partial charge on any atom is -0.396 e. The van der Waals surface area contributed by atoms with Gasteiger partial charge in [0.25, 0.3) is 0 Å². The van der Waals surface area contributed by atoms with Gasteiger partial charge in [-0.05, 0) is 69.8 Å². The predicted molar refractivity (Wildman–Crippen MR) is 191 cm³/mol. The SMILES string of the molecule is C/C=N\C1=C(N)c2cccc3c(-n4c5cccc6c5c5c(c(-c7ccccc7)ccc54)-c4cccc5cccc-6c45)ccc1c23.